The summed E-state index contributed by atoms with van der Waals surface area (Å²) >= 11 is 13.8. The van der Waals surface area contributed by atoms with E-state index in [0.29, 0.717) is 6.04 Å². The molecule has 0 spiro atoms. The lowest BCUT2D eigenvalue weighted by atomic mass is 10.1. The molecule has 0 bridgehead atoms. The lowest BCUT2D eigenvalue weighted by Crippen LogP contribution is -2.27. The fourth-order valence-corrected chi connectivity index (χ4v) is 6.50. The number of hydrogen-bond acceptors (Lipinski definition) is 7. The van der Waals surface area contributed by atoms with Crippen molar-refractivity contribution < 1.29 is 17.9 Å². The smallest absolute Gasteiger partial charge is 0.265 e. The predicted molar refractivity (Wildman–Crippen MR) is 134 cm³/mol. The molecule has 1 aliphatic rings. The number of thiazole rings is 1. The number of benzene rings is 2. The van der Waals surface area contributed by atoms with Gasteiger partial charge in [0.25, 0.3) is 10.0 Å². The molecule has 0 aliphatic carbocycles. The topological polar surface area (TPSA) is 89.5 Å². The van der Waals surface area contributed by atoms with E-state index >= 15 is 0 Å². The van der Waals surface area contributed by atoms with Crippen molar-refractivity contribution in [3.05, 3.63) is 52.1 Å². The average molecular weight is 528 g/mol. The summed E-state index contributed by atoms with van der Waals surface area (Å²) in [6, 6.07) is 10.1. The van der Waals surface area contributed by atoms with Crippen molar-refractivity contribution in [3.63, 3.8) is 0 Å². The van der Waals surface area contributed by atoms with Crippen LogP contribution in [0.5, 0.6) is 5.75 Å². The zero-order chi connectivity index (χ0) is 23.6. The van der Waals surface area contributed by atoms with E-state index in [1.54, 1.807) is 30.3 Å². The summed E-state index contributed by atoms with van der Waals surface area (Å²) in [4.78, 5) is 5.49. The highest BCUT2D eigenvalue weighted by Crippen LogP contribution is 2.38. The zero-order valence-electron chi connectivity index (χ0n) is 18.0. The van der Waals surface area contributed by atoms with Gasteiger partial charge in [0.2, 0.25) is 0 Å². The van der Waals surface area contributed by atoms with E-state index in [4.69, 9.17) is 32.7 Å². The summed E-state index contributed by atoms with van der Waals surface area (Å²) in [5.74, 6) is 0.206. The molecule has 0 saturated carbocycles. The van der Waals surface area contributed by atoms with Crippen LogP contribution in [0.3, 0.4) is 0 Å². The number of ether oxygens (including phenoxy) is 2. The van der Waals surface area contributed by atoms with Crippen LogP contribution >= 0.6 is 34.5 Å². The van der Waals surface area contributed by atoms with Crippen molar-refractivity contribution in [1.82, 2.24) is 4.98 Å². The van der Waals surface area contributed by atoms with E-state index in [2.05, 4.69) is 15.0 Å². The van der Waals surface area contributed by atoms with E-state index in [-0.39, 0.29) is 26.4 Å². The van der Waals surface area contributed by atoms with Crippen LogP contribution in [0.4, 0.5) is 10.8 Å². The fraction of sp³-hybridized carbons (Fsp3) is 0.318. The zero-order valence-corrected chi connectivity index (χ0v) is 21.2. The second-order valence-electron chi connectivity index (χ2n) is 7.53. The summed E-state index contributed by atoms with van der Waals surface area (Å²) < 4.78 is 39.8. The van der Waals surface area contributed by atoms with E-state index < -0.39 is 10.0 Å². The molecule has 1 aliphatic heterocycles. The van der Waals surface area contributed by atoms with Gasteiger partial charge in [0.1, 0.15) is 10.6 Å². The molecular weight excluding hydrogens is 505 g/mol. The van der Waals surface area contributed by atoms with Crippen LogP contribution in [-0.2, 0) is 14.8 Å². The van der Waals surface area contributed by atoms with Crippen molar-refractivity contribution in [1.29, 1.82) is 0 Å². The molecular formula is C22H23Cl2N3O4S2. The molecule has 3 aromatic rings. The molecule has 1 saturated heterocycles. The van der Waals surface area contributed by atoms with Gasteiger partial charge in [0.05, 0.1) is 33.4 Å². The maximum Gasteiger partial charge on any atom is 0.265 e. The Morgan fingerprint density at radius 1 is 1.15 bits per heavy atom. The van der Waals surface area contributed by atoms with Crippen LogP contribution in [0.25, 0.3) is 10.4 Å². The SMILES string of the molecule is COc1ccc(-c2sc(NC3CCOCC3)nc2C)cc1S(=O)(=O)Nc1c(Cl)cccc1Cl. The van der Waals surface area contributed by atoms with Crippen molar-refractivity contribution in [3.8, 4) is 16.2 Å². The Morgan fingerprint density at radius 3 is 2.52 bits per heavy atom. The number of sulfonamides is 1. The first-order chi connectivity index (χ1) is 15.8. The van der Waals surface area contributed by atoms with Crippen LogP contribution in [-0.4, -0.2) is 39.8 Å². The summed E-state index contributed by atoms with van der Waals surface area (Å²) in [6.45, 7) is 3.37. The van der Waals surface area contributed by atoms with Gasteiger partial charge in [0.15, 0.2) is 5.13 Å². The first-order valence-electron chi connectivity index (χ1n) is 10.3. The van der Waals surface area contributed by atoms with Gasteiger partial charge in [0, 0.05) is 19.3 Å². The highest BCUT2D eigenvalue weighted by atomic mass is 35.5. The molecule has 7 nitrogen and oxygen atoms in total. The Hall–Kier alpha value is -2.04. The molecule has 2 aromatic carbocycles. The minimum Gasteiger partial charge on any atom is -0.495 e. The van der Waals surface area contributed by atoms with Crippen molar-refractivity contribution in [2.45, 2.75) is 30.7 Å². The van der Waals surface area contributed by atoms with E-state index in [9.17, 15) is 8.42 Å². The first-order valence-corrected chi connectivity index (χ1v) is 13.3. The molecule has 2 N–H and O–H groups in total. The minimum atomic E-state index is -4.05. The molecule has 176 valence electrons. The Bertz CT molecular complexity index is 1240. The number of halogens is 2. The van der Waals surface area contributed by atoms with Crippen LogP contribution in [0.1, 0.15) is 18.5 Å². The normalized spacial score (nSPS) is 14.8. The number of anilines is 2. The van der Waals surface area contributed by atoms with Crippen molar-refractivity contribution in [2.24, 2.45) is 0 Å². The van der Waals surface area contributed by atoms with Crippen molar-refractivity contribution >= 4 is 55.4 Å². The quantitative estimate of drug-likeness (QED) is 0.402. The van der Waals surface area contributed by atoms with Gasteiger partial charge in [-0.2, -0.15) is 0 Å². The highest BCUT2D eigenvalue weighted by molar-refractivity contribution is 7.92. The standard InChI is InChI=1S/C22H23Cl2N3O4S2/c1-13-21(32-22(25-13)26-15-8-10-31-11-9-15)14-6-7-18(30-2)19(12-14)33(28,29)27-20-16(23)4-3-5-17(20)24/h3-7,12,15,27H,8-11H2,1-2H3,(H,25,26). The average Bonchev–Trinajstić information content (AvgIpc) is 3.16. The summed E-state index contributed by atoms with van der Waals surface area (Å²) in [6.07, 6.45) is 1.85. The van der Waals surface area contributed by atoms with Gasteiger partial charge < -0.3 is 14.8 Å². The number of aryl methyl sites for hydroxylation is 1. The molecule has 4 rings (SSSR count). The maximum absolute atomic E-state index is 13.3. The largest absolute Gasteiger partial charge is 0.495 e. The van der Waals surface area contributed by atoms with Gasteiger partial charge in [-0.05, 0) is 55.7 Å². The van der Waals surface area contributed by atoms with Crippen molar-refractivity contribution in [2.75, 3.05) is 30.4 Å². The lowest BCUT2D eigenvalue weighted by Gasteiger charge is -2.22. The molecule has 0 atom stereocenters. The number of rotatable bonds is 7. The van der Waals surface area contributed by atoms with Crippen LogP contribution in [0.2, 0.25) is 10.0 Å². The number of methoxy groups -OCH3 is 1. The third-order valence-corrected chi connectivity index (χ3v) is 8.40. The maximum atomic E-state index is 13.3. The number of para-hydroxylation sites is 1. The fourth-order valence-electron chi connectivity index (χ4n) is 3.56. The molecule has 0 unspecified atom stereocenters. The Morgan fingerprint density at radius 2 is 1.85 bits per heavy atom. The molecule has 11 heteroatoms. The van der Waals surface area contributed by atoms with Crippen LogP contribution < -0.4 is 14.8 Å². The van der Waals surface area contributed by atoms with Gasteiger partial charge in [-0.15, -0.1) is 0 Å². The number of nitrogens with zero attached hydrogens (tertiary/aromatic N) is 1. The van der Waals surface area contributed by atoms with Gasteiger partial charge in [-0.1, -0.05) is 40.6 Å². The Balaban J connectivity index is 1.67. The molecule has 0 amide bonds. The second kappa shape index (κ2) is 10.1. The number of nitrogens with one attached hydrogen (secondary N) is 2. The van der Waals surface area contributed by atoms with E-state index in [0.717, 1.165) is 47.3 Å². The third kappa shape index (κ3) is 5.38. The van der Waals surface area contributed by atoms with Gasteiger partial charge in [-0.25, -0.2) is 13.4 Å². The van der Waals surface area contributed by atoms with Gasteiger partial charge in [-0.3, -0.25) is 4.72 Å². The summed E-state index contributed by atoms with van der Waals surface area (Å²) in [5.41, 5.74) is 1.65. The number of hydrogen-bond donors (Lipinski definition) is 2. The highest BCUT2D eigenvalue weighted by Gasteiger charge is 2.24. The van der Waals surface area contributed by atoms with E-state index in [1.165, 1.54) is 18.4 Å². The first kappa shape index (κ1) is 24.1. The van der Waals surface area contributed by atoms with Gasteiger partial charge >= 0.3 is 0 Å². The summed E-state index contributed by atoms with van der Waals surface area (Å²) in [7, 11) is -2.63. The Kier molecular flexibility index (Phi) is 7.35. The molecule has 1 aromatic heterocycles. The molecule has 2 heterocycles. The molecule has 0 radical (unpaired) electrons. The lowest BCUT2D eigenvalue weighted by molar-refractivity contribution is 0.0904. The molecule has 1 fully saturated rings. The van der Waals surface area contributed by atoms with Crippen LogP contribution in [0, 0.1) is 6.92 Å². The third-order valence-electron chi connectivity index (χ3n) is 5.26. The second-order valence-corrected chi connectivity index (χ2v) is 11.0. The number of aromatic nitrogens is 1. The predicted octanol–water partition coefficient (Wildman–Crippen LogP) is 5.83. The monoisotopic (exact) mass is 527 g/mol. The van der Waals surface area contributed by atoms with Crippen LogP contribution in [0.15, 0.2) is 41.3 Å². The van der Waals surface area contributed by atoms with E-state index in [1.807, 2.05) is 13.0 Å². The molecule has 33 heavy (non-hydrogen) atoms. The minimum absolute atomic E-state index is 0.0229. The Labute approximate surface area is 207 Å². The summed E-state index contributed by atoms with van der Waals surface area (Å²) in [5, 5.41) is 4.66.